The smallest absolute Gasteiger partial charge is 0.338 e. The van der Waals surface area contributed by atoms with Gasteiger partial charge >= 0.3 is 11.9 Å². The van der Waals surface area contributed by atoms with Crippen LogP contribution in [0.25, 0.3) is 22.3 Å². The van der Waals surface area contributed by atoms with Crippen molar-refractivity contribution in [1.29, 1.82) is 0 Å². The number of benzene rings is 5. The Labute approximate surface area is 395 Å². The van der Waals surface area contributed by atoms with E-state index in [1.165, 1.54) is 64.2 Å². The second-order valence-corrected chi connectivity index (χ2v) is 17.0. The number of ether oxygens (including phenoxy) is 6. The predicted octanol–water partition coefficient (Wildman–Crippen LogP) is 15.3. The number of esters is 2. The fourth-order valence-corrected chi connectivity index (χ4v) is 7.50. The van der Waals surface area contributed by atoms with Gasteiger partial charge in [-0.05, 0) is 146 Å². The second kappa shape index (κ2) is 31.2. The molecule has 0 N–H and O–H groups in total. The van der Waals surface area contributed by atoms with Gasteiger partial charge in [-0.15, -0.1) is 0 Å². The molecule has 0 aliphatic rings. The standard InChI is InChI=1S/C58H74O8/c1-3-5-7-9-11-15-41-61-53-33-29-49(30-34-53)47-21-25-51(26-22-47)57(59)65-45-19-13-17-43-63-55-37-39-56(40-38-55)64-44-18-14-20-46-66-58(60)52-27-23-48(24-28-52)50-31-35-54(36-32-50)62-42-16-12-10-8-6-4-2/h21-40H,3-20,41-46H2,1-2H3. The van der Waals surface area contributed by atoms with Gasteiger partial charge in [-0.3, -0.25) is 0 Å². The highest BCUT2D eigenvalue weighted by Gasteiger charge is 2.10. The minimum Gasteiger partial charge on any atom is -0.494 e. The van der Waals surface area contributed by atoms with Gasteiger partial charge in [-0.25, -0.2) is 9.59 Å². The van der Waals surface area contributed by atoms with E-state index in [2.05, 4.69) is 38.1 Å². The van der Waals surface area contributed by atoms with Crippen molar-refractivity contribution in [2.45, 2.75) is 129 Å². The Balaban J connectivity index is 0.843. The fraction of sp³-hybridized carbons (Fsp3) is 0.448. The predicted molar refractivity (Wildman–Crippen MR) is 267 cm³/mol. The van der Waals surface area contributed by atoms with E-state index >= 15 is 0 Å². The normalized spacial score (nSPS) is 10.9. The highest BCUT2D eigenvalue weighted by atomic mass is 16.5. The Morgan fingerprint density at radius 2 is 0.515 bits per heavy atom. The van der Waals surface area contributed by atoms with Crippen LogP contribution < -0.4 is 18.9 Å². The summed E-state index contributed by atoms with van der Waals surface area (Å²) in [4.78, 5) is 25.2. The Kier molecular flexibility index (Phi) is 24.2. The SMILES string of the molecule is CCCCCCCCOc1ccc(-c2ccc(C(=O)OCCCCCOc3ccc(OCCCCCOC(=O)c4ccc(-c5ccc(OCCCCCCCC)cc5)cc4)cc3)cc2)cc1. The molecule has 354 valence electrons. The molecule has 0 unspecified atom stereocenters. The molecule has 5 aromatic carbocycles. The molecule has 0 fully saturated rings. The third-order valence-corrected chi connectivity index (χ3v) is 11.6. The van der Waals surface area contributed by atoms with Crippen molar-refractivity contribution < 1.29 is 38.0 Å². The maximum Gasteiger partial charge on any atom is 0.338 e. The molecule has 0 spiro atoms. The maximum absolute atomic E-state index is 12.6. The lowest BCUT2D eigenvalue weighted by atomic mass is 10.0. The van der Waals surface area contributed by atoms with Crippen molar-refractivity contribution >= 4 is 11.9 Å². The lowest BCUT2D eigenvalue weighted by molar-refractivity contribution is 0.0487. The first-order chi connectivity index (χ1) is 32.5. The van der Waals surface area contributed by atoms with Gasteiger partial charge < -0.3 is 28.4 Å². The summed E-state index contributed by atoms with van der Waals surface area (Å²) in [6.45, 7) is 7.90. The van der Waals surface area contributed by atoms with Gasteiger partial charge in [-0.2, -0.15) is 0 Å². The number of hydrogen-bond donors (Lipinski definition) is 0. The summed E-state index contributed by atoms with van der Waals surface area (Å²) >= 11 is 0. The second-order valence-electron chi connectivity index (χ2n) is 17.0. The zero-order chi connectivity index (χ0) is 46.3. The summed E-state index contributed by atoms with van der Waals surface area (Å²) in [5.74, 6) is 2.75. The van der Waals surface area contributed by atoms with E-state index in [4.69, 9.17) is 28.4 Å². The third-order valence-electron chi connectivity index (χ3n) is 11.6. The molecule has 0 atom stereocenters. The third kappa shape index (κ3) is 19.8. The van der Waals surface area contributed by atoms with Crippen LogP contribution in [-0.4, -0.2) is 51.6 Å². The van der Waals surface area contributed by atoms with E-state index in [1.807, 2.05) is 97.1 Å². The summed E-state index contributed by atoms with van der Waals surface area (Å²) < 4.78 is 34.7. The first-order valence-electron chi connectivity index (χ1n) is 24.9. The first kappa shape index (κ1) is 51.2. The minimum absolute atomic E-state index is 0.306. The number of hydrogen-bond acceptors (Lipinski definition) is 8. The van der Waals surface area contributed by atoms with Crippen LogP contribution in [0.15, 0.2) is 121 Å². The van der Waals surface area contributed by atoms with Crippen molar-refractivity contribution in [2.75, 3.05) is 39.6 Å². The average Bonchev–Trinajstić information content (AvgIpc) is 3.36. The van der Waals surface area contributed by atoms with E-state index < -0.39 is 0 Å². The first-order valence-corrected chi connectivity index (χ1v) is 24.9. The van der Waals surface area contributed by atoms with Crippen LogP contribution in [-0.2, 0) is 9.47 Å². The molecular weight excluding hydrogens is 825 g/mol. The molecule has 0 amide bonds. The van der Waals surface area contributed by atoms with Crippen molar-refractivity contribution in [1.82, 2.24) is 0 Å². The maximum atomic E-state index is 12.6. The van der Waals surface area contributed by atoms with E-state index in [1.54, 1.807) is 0 Å². The van der Waals surface area contributed by atoms with Crippen molar-refractivity contribution in [3.63, 3.8) is 0 Å². The van der Waals surface area contributed by atoms with Crippen LogP contribution in [0.4, 0.5) is 0 Å². The van der Waals surface area contributed by atoms with Gasteiger partial charge in [0.25, 0.3) is 0 Å². The quantitative estimate of drug-likeness (QED) is 0.0298. The number of carbonyl (C=O) groups is 2. The Bertz CT molecular complexity index is 1890. The van der Waals surface area contributed by atoms with Crippen molar-refractivity contribution in [2.24, 2.45) is 0 Å². The molecule has 8 nitrogen and oxygen atoms in total. The lowest BCUT2D eigenvalue weighted by Crippen LogP contribution is -2.07. The molecule has 0 aliphatic carbocycles. The molecule has 66 heavy (non-hydrogen) atoms. The van der Waals surface area contributed by atoms with Crippen LogP contribution in [0.3, 0.4) is 0 Å². The van der Waals surface area contributed by atoms with Crippen LogP contribution >= 0.6 is 0 Å². The summed E-state index contributed by atoms with van der Waals surface area (Å²) in [6, 6.07) is 39.0. The molecule has 0 radical (unpaired) electrons. The van der Waals surface area contributed by atoms with E-state index in [0.29, 0.717) is 37.6 Å². The zero-order valence-corrected chi connectivity index (χ0v) is 39.8. The Hall–Kier alpha value is -5.76. The molecule has 0 saturated carbocycles. The molecule has 0 heterocycles. The van der Waals surface area contributed by atoms with Crippen LogP contribution in [0, 0.1) is 0 Å². The molecule has 5 rings (SSSR count). The molecular formula is C58H74O8. The molecule has 0 aromatic heterocycles. The number of carbonyl (C=O) groups excluding carboxylic acids is 2. The van der Waals surface area contributed by atoms with E-state index in [9.17, 15) is 9.59 Å². The zero-order valence-electron chi connectivity index (χ0n) is 39.8. The van der Waals surface area contributed by atoms with Crippen LogP contribution in [0.5, 0.6) is 23.0 Å². The van der Waals surface area contributed by atoms with Gasteiger partial charge in [0.1, 0.15) is 23.0 Å². The molecule has 8 heteroatoms. The minimum atomic E-state index is -0.306. The van der Waals surface area contributed by atoms with Crippen molar-refractivity contribution in [3.05, 3.63) is 132 Å². The Morgan fingerprint density at radius 1 is 0.288 bits per heavy atom. The molecule has 0 aliphatic heterocycles. The Morgan fingerprint density at radius 3 is 0.818 bits per heavy atom. The lowest BCUT2D eigenvalue weighted by Gasteiger charge is -2.10. The summed E-state index contributed by atoms with van der Waals surface area (Å²) in [7, 11) is 0. The van der Waals surface area contributed by atoms with E-state index in [-0.39, 0.29) is 11.9 Å². The summed E-state index contributed by atoms with van der Waals surface area (Å²) in [5.41, 5.74) is 5.34. The van der Waals surface area contributed by atoms with Crippen LogP contribution in [0.1, 0.15) is 150 Å². The van der Waals surface area contributed by atoms with Crippen molar-refractivity contribution in [3.8, 4) is 45.3 Å². The van der Waals surface area contributed by atoms with Gasteiger partial charge in [0.2, 0.25) is 0 Å². The monoisotopic (exact) mass is 899 g/mol. The summed E-state index contributed by atoms with van der Waals surface area (Å²) in [6.07, 6.45) is 20.0. The van der Waals surface area contributed by atoms with Gasteiger partial charge in [-0.1, -0.05) is 127 Å². The summed E-state index contributed by atoms with van der Waals surface area (Å²) in [5, 5.41) is 0. The fourth-order valence-electron chi connectivity index (χ4n) is 7.50. The highest BCUT2D eigenvalue weighted by molar-refractivity contribution is 5.90. The number of unbranched alkanes of at least 4 members (excludes halogenated alkanes) is 14. The number of rotatable bonds is 34. The van der Waals surface area contributed by atoms with Gasteiger partial charge in [0, 0.05) is 0 Å². The average molecular weight is 899 g/mol. The molecule has 5 aromatic rings. The highest BCUT2D eigenvalue weighted by Crippen LogP contribution is 2.26. The van der Waals surface area contributed by atoms with E-state index in [0.717, 1.165) is 110 Å². The van der Waals surface area contributed by atoms with Crippen LogP contribution in [0.2, 0.25) is 0 Å². The molecule has 0 saturated heterocycles. The van der Waals surface area contributed by atoms with Gasteiger partial charge in [0.05, 0.1) is 50.8 Å². The topological polar surface area (TPSA) is 89.5 Å². The van der Waals surface area contributed by atoms with Gasteiger partial charge in [0.15, 0.2) is 0 Å². The molecule has 0 bridgehead atoms. The largest absolute Gasteiger partial charge is 0.494 e.